The summed E-state index contributed by atoms with van der Waals surface area (Å²) in [5.74, 6) is -0.0984. The van der Waals surface area contributed by atoms with E-state index in [1.165, 1.54) is 0 Å². The van der Waals surface area contributed by atoms with Gasteiger partial charge in [-0.1, -0.05) is 25.0 Å². The third kappa shape index (κ3) is 14.4. The molecule has 0 bridgehead atoms. The Balaban J connectivity index is 2.03. The zero-order valence-electron chi connectivity index (χ0n) is 18.3. The van der Waals surface area contributed by atoms with Gasteiger partial charge in [0.25, 0.3) is 11.3 Å². The van der Waals surface area contributed by atoms with Crippen LogP contribution in [0.15, 0.2) is 24.3 Å². The molecule has 0 saturated carbocycles. The molecule has 0 aliphatic carbocycles. The highest BCUT2D eigenvalue weighted by molar-refractivity contribution is 7.80. The number of phosphoric acid groups is 1. The van der Waals surface area contributed by atoms with Gasteiger partial charge in [0.2, 0.25) is 5.91 Å². The van der Waals surface area contributed by atoms with Crippen molar-refractivity contribution in [2.75, 3.05) is 25.0 Å². The molecule has 0 fully saturated rings. The van der Waals surface area contributed by atoms with Crippen molar-refractivity contribution in [3.63, 3.8) is 0 Å². The molecule has 12 heteroatoms. The zero-order chi connectivity index (χ0) is 23.8. The first kappa shape index (κ1) is 28.4. The largest absolute Gasteiger partial charge is 0.471 e. The molecule has 4 N–H and O–H groups in total. The summed E-state index contributed by atoms with van der Waals surface area (Å²) in [4.78, 5) is 32.9. The molecule has 0 saturated heterocycles. The van der Waals surface area contributed by atoms with E-state index in [9.17, 15) is 18.4 Å². The molecule has 0 radical (unpaired) electrons. The van der Waals surface area contributed by atoms with E-state index < -0.39 is 19.1 Å². The van der Waals surface area contributed by atoms with E-state index in [0.29, 0.717) is 37.9 Å². The maximum absolute atomic E-state index is 12.0. The highest BCUT2D eigenvalue weighted by atomic mass is 32.2. The molecule has 2 atom stereocenters. The average Bonchev–Trinajstić information content (AvgIpc) is 2.75. The van der Waals surface area contributed by atoms with Crippen molar-refractivity contribution in [2.24, 2.45) is 0 Å². The maximum Gasteiger partial charge on any atom is 0.471 e. The van der Waals surface area contributed by atoms with Crippen LogP contribution in [0.25, 0.3) is 0 Å². The van der Waals surface area contributed by atoms with Crippen LogP contribution < -0.4 is 10.0 Å². The van der Waals surface area contributed by atoms with Crippen LogP contribution in [0.1, 0.15) is 56.9 Å². The fourth-order valence-corrected chi connectivity index (χ4v) is 3.64. The van der Waals surface area contributed by atoms with Crippen LogP contribution in [0.3, 0.4) is 0 Å². The van der Waals surface area contributed by atoms with E-state index in [1.54, 1.807) is 12.1 Å². The summed E-state index contributed by atoms with van der Waals surface area (Å²) in [5.41, 5.74) is 1.58. The molecule has 0 aliphatic rings. The summed E-state index contributed by atoms with van der Waals surface area (Å²) in [6.07, 6.45) is 5.25. The van der Waals surface area contributed by atoms with Gasteiger partial charge in [0.05, 0.1) is 6.61 Å². The maximum atomic E-state index is 12.0. The topological polar surface area (TPSA) is 151 Å². The molecule has 182 valence electrons. The minimum atomic E-state index is -3.90. The summed E-state index contributed by atoms with van der Waals surface area (Å²) in [7, 11) is -2.78. The van der Waals surface area contributed by atoms with Gasteiger partial charge in [-0.15, -0.1) is 0 Å². The highest BCUT2D eigenvalue weighted by Crippen LogP contribution is 2.41. The van der Waals surface area contributed by atoms with Crippen molar-refractivity contribution < 1.29 is 36.9 Å². The molecule has 0 heterocycles. The quantitative estimate of drug-likeness (QED) is 0.138. The summed E-state index contributed by atoms with van der Waals surface area (Å²) in [5, 5.41) is 2.79. The second-order valence-corrected chi connectivity index (χ2v) is 9.45. The number of rotatable bonds is 18. The third-order valence-corrected chi connectivity index (χ3v) is 5.97. The number of nitrogens with one attached hydrogen (secondary N) is 2. The normalized spacial score (nSPS) is 13.8. The van der Waals surface area contributed by atoms with Crippen molar-refractivity contribution in [1.29, 1.82) is 0 Å². The monoisotopic (exact) mass is 492 g/mol. The number of Topliss-reactive ketones (excluding diaryl/α,β-unsaturated/α-hetero) is 1. The number of benzene rings is 1. The second-order valence-electron chi connectivity index (χ2n) is 7.19. The SMILES string of the molecule is COP(=O)(O)OCCCCCCNC(=O)CCC(=O)CCCc1ccc(NS(=O)O)cc1. The van der Waals surface area contributed by atoms with Gasteiger partial charge in [-0.2, -0.15) is 0 Å². The van der Waals surface area contributed by atoms with Crippen LogP contribution >= 0.6 is 7.82 Å². The molecule has 0 aromatic heterocycles. The van der Waals surface area contributed by atoms with Crippen LogP contribution in [0.2, 0.25) is 0 Å². The first-order chi connectivity index (χ1) is 15.2. The van der Waals surface area contributed by atoms with Crippen LogP contribution in [-0.4, -0.2) is 45.6 Å². The summed E-state index contributed by atoms with van der Waals surface area (Å²) < 4.78 is 41.9. The van der Waals surface area contributed by atoms with Crippen LogP contribution in [0.5, 0.6) is 0 Å². The fraction of sp³-hybridized carbons (Fsp3) is 0.600. The lowest BCUT2D eigenvalue weighted by Crippen LogP contribution is -2.24. The first-order valence-corrected chi connectivity index (χ1v) is 13.1. The van der Waals surface area contributed by atoms with Crippen molar-refractivity contribution in [3.8, 4) is 0 Å². The fourth-order valence-electron chi connectivity index (χ4n) is 2.84. The smallest absolute Gasteiger partial charge is 0.356 e. The predicted octanol–water partition coefficient (Wildman–Crippen LogP) is 3.35. The molecule has 1 aromatic carbocycles. The number of carbonyl (C=O) groups is 2. The number of phosphoric ester groups is 1. The number of hydrogen-bond acceptors (Lipinski definition) is 6. The summed E-state index contributed by atoms with van der Waals surface area (Å²) in [6.45, 7) is 0.670. The number of hydrogen-bond donors (Lipinski definition) is 4. The molecule has 1 aromatic rings. The lowest BCUT2D eigenvalue weighted by Gasteiger charge is -2.08. The Kier molecular flexibility index (Phi) is 14.3. The van der Waals surface area contributed by atoms with E-state index in [2.05, 4.69) is 14.6 Å². The van der Waals surface area contributed by atoms with Gasteiger partial charge in [-0.25, -0.2) is 8.77 Å². The van der Waals surface area contributed by atoms with E-state index in [1.807, 2.05) is 12.1 Å². The van der Waals surface area contributed by atoms with E-state index in [0.717, 1.165) is 31.9 Å². The number of carbonyl (C=O) groups excluding carboxylic acids is 2. The Hall–Kier alpha value is -1.62. The molecular weight excluding hydrogens is 459 g/mol. The van der Waals surface area contributed by atoms with Crippen molar-refractivity contribution in [3.05, 3.63) is 29.8 Å². The number of anilines is 1. The van der Waals surface area contributed by atoms with Gasteiger partial charge < -0.3 is 10.2 Å². The third-order valence-electron chi connectivity index (χ3n) is 4.59. The minimum Gasteiger partial charge on any atom is -0.356 e. The number of amides is 1. The molecular formula is C20H33N2O8PS. The lowest BCUT2D eigenvalue weighted by atomic mass is 10.0. The van der Waals surface area contributed by atoms with Gasteiger partial charge in [-0.05, 0) is 43.4 Å². The second kappa shape index (κ2) is 16.1. The summed E-state index contributed by atoms with van der Waals surface area (Å²) >= 11 is -2.10. The molecule has 10 nitrogen and oxygen atoms in total. The first-order valence-electron chi connectivity index (χ1n) is 10.5. The van der Waals surface area contributed by atoms with Gasteiger partial charge in [0, 0.05) is 38.6 Å². The molecule has 1 rings (SSSR count). The zero-order valence-corrected chi connectivity index (χ0v) is 20.0. The van der Waals surface area contributed by atoms with Gasteiger partial charge in [0.15, 0.2) is 0 Å². The molecule has 1 amide bonds. The van der Waals surface area contributed by atoms with Gasteiger partial charge >= 0.3 is 7.82 Å². The van der Waals surface area contributed by atoms with Crippen LogP contribution in [-0.2, 0) is 40.9 Å². The van der Waals surface area contributed by atoms with Crippen LogP contribution in [0, 0.1) is 0 Å². The lowest BCUT2D eigenvalue weighted by molar-refractivity contribution is -0.125. The predicted molar refractivity (Wildman–Crippen MR) is 122 cm³/mol. The minimum absolute atomic E-state index is 0.0475. The number of ketones is 1. The van der Waals surface area contributed by atoms with E-state index in [-0.39, 0.29) is 31.1 Å². The van der Waals surface area contributed by atoms with Gasteiger partial charge in [0.1, 0.15) is 5.78 Å². The van der Waals surface area contributed by atoms with E-state index in [4.69, 9.17) is 14.0 Å². The van der Waals surface area contributed by atoms with Crippen molar-refractivity contribution in [2.45, 2.75) is 57.8 Å². The molecule has 0 aliphatic heterocycles. The Morgan fingerprint density at radius 3 is 2.38 bits per heavy atom. The van der Waals surface area contributed by atoms with Crippen LogP contribution in [0.4, 0.5) is 5.69 Å². The Labute approximate surface area is 191 Å². The van der Waals surface area contributed by atoms with Crippen molar-refractivity contribution in [1.82, 2.24) is 5.32 Å². The number of aryl methyl sites for hydroxylation is 1. The standard InChI is InChI=1S/C20H33N2O8PS/c1-29-31(25,26)30-16-5-3-2-4-15-21-20(24)14-13-19(23)8-6-7-17-9-11-18(12-10-17)22-32(27)28/h9-12,22H,2-8,13-16H2,1H3,(H,21,24)(H,25,26)(H,27,28). The van der Waals surface area contributed by atoms with E-state index >= 15 is 0 Å². The van der Waals surface area contributed by atoms with Gasteiger partial charge in [-0.3, -0.25) is 27.9 Å². The van der Waals surface area contributed by atoms with Crippen molar-refractivity contribution >= 4 is 36.5 Å². The molecule has 32 heavy (non-hydrogen) atoms. The molecule has 2 unspecified atom stereocenters. The Bertz CT molecular complexity index is 775. The molecule has 0 spiro atoms. The Morgan fingerprint density at radius 1 is 1.03 bits per heavy atom. The Morgan fingerprint density at radius 2 is 1.72 bits per heavy atom. The highest BCUT2D eigenvalue weighted by Gasteiger charge is 2.17. The number of unbranched alkanes of at least 4 members (excludes halogenated alkanes) is 3. The summed E-state index contributed by atoms with van der Waals surface area (Å²) in [6, 6.07) is 7.09. The average molecular weight is 493 g/mol.